The maximum Gasteiger partial charge on any atom is 0.226 e. The molecule has 1 aliphatic rings. The first-order chi connectivity index (χ1) is 9.03. The van der Waals surface area contributed by atoms with Crippen LogP contribution in [0.25, 0.3) is 0 Å². The second-order valence-electron chi connectivity index (χ2n) is 6.45. The molecule has 0 aliphatic heterocycles. The predicted molar refractivity (Wildman–Crippen MR) is 75.6 cm³/mol. The first-order valence-corrected chi connectivity index (χ1v) is 7.65. The monoisotopic (exact) mass is 265 g/mol. The highest BCUT2D eigenvalue weighted by Crippen LogP contribution is 2.37. The second-order valence-corrected chi connectivity index (χ2v) is 6.45. The van der Waals surface area contributed by atoms with E-state index >= 15 is 0 Å². The third kappa shape index (κ3) is 3.56. The molecule has 0 aromatic carbocycles. The summed E-state index contributed by atoms with van der Waals surface area (Å²) in [4.78, 5) is 4.53. The Bertz CT molecular complexity index is 392. The Morgan fingerprint density at radius 2 is 2.05 bits per heavy atom. The Balaban J connectivity index is 1.97. The molecule has 1 aliphatic carbocycles. The minimum Gasteiger partial charge on any atom is -0.339 e. The van der Waals surface area contributed by atoms with Crippen LogP contribution in [0.3, 0.4) is 0 Å². The molecule has 108 valence electrons. The van der Waals surface area contributed by atoms with Crippen LogP contribution >= 0.6 is 0 Å². The number of hydrogen-bond acceptors (Lipinski definition) is 4. The van der Waals surface area contributed by atoms with Crippen molar-refractivity contribution in [1.82, 2.24) is 10.1 Å². The van der Waals surface area contributed by atoms with Gasteiger partial charge in [-0.3, -0.25) is 0 Å². The van der Waals surface area contributed by atoms with Crippen molar-refractivity contribution in [2.45, 2.75) is 71.3 Å². The Hall–Kier alpha value is -0.900. The summed E-state index contributed by atoms with van der Waals surface area (Å²) in [5.74, 6) is 2.94. The summed E-state index contributed by atoms with van der Waals surface area (Å²) >= 11 is 0. The van der Waals surface area contributed by atoms with Gasteiger partial charge in [-0.25, -0.2) is 0 Å². The van der Waals surface area contributed by atoms with Crippen molar-refractivity contribution in [3.63, 3.8) is 0 Å². The average molecular weight is 265 g/mol. The quantitative estimate of drug-likeness (QED) is 0.886. The summed E-state index contributed by atoms with van der Waals surface area (Å²) in [7, 11) is 0. The van der Waals surface area contributed by atoms with Crippen molar-refractivity contribution in [1.29, 1.82) is 0 Å². The lowest BCUT2D eigenvalue weighted by atomic mass is 9.76. The molecule has 2 N–H and O–H groups in total. The molecule has 0 spiro atoms. The van der Waals surface area contributed by atoms with E-state index in [9.17, 15) is 0 Å². The molecule has 0 unspecified atom stereocenters. The van der Waals surface area contributed by atoms with Crippen LogP contribution in [0.2, 0.25) is 0 Å². The molecule has 1 aromatic rings. The summed E-state index contributed by atoms with van der Waals surface area (Å²) in [5, 5.41) is 4.13. The van der Waals surface area contributed by atoms with Crippen molar-refractivity contribution in [2.24, 2.45) is 17.6 Å². The molecule has 2 rings (SSSR count). The van der Waals surface area contributed by atoms with Crippen molar-refractivity contribution in [3.05, 3.63) is 11.7 Å². The van der Waals surface area contributed by atoms with Crippen LogP contribution < -0.4 is 5.73 Å². The molecular formula is C15H27N3O. The number of aryl methyl sites for hydroxylation is 1. The van der Waals surface area contributed by atoms with Gasteiger partial charge in [0.05, 0.1) is 5.54 Å². The number of rotatable bonds is 5. The maximum atomic E-state index is 6.48. The Labute approximate surface area is 116 Å². The zero-order valence-corrected chi connectivity index (χ0v) is 12.5. The van der Waals surface area contributed by atoms with Crippen LogP contribution in [0.15, 0.2) is 4.52 Å². The van der Waals surface area contributed by atoms with Gasteiger partial charge in [-0.05, 0) is 43.9 Å². The van der Waals surface area contributed by atoms with E-state index < -0.39 is 0 Å². The van der Waals surface area contributed by atoms with Gasteiger partial charge in [0.15, 0.2) is 5.82 Å². The molecule has 0 amide bonds. The Morgan fingerprint density at radius 1 is 1.37 bits per heavy atom. The second kappa shape index (κ2) is 6.04. The Kier molecular flexibility index (Phi) is 4.61. The van der Waals surface area contributed by atoms with Crippen molar-refractivity contribution in [3.8, 4) is 0 Å². The highest BCUT2D eigenvalue weighted by molar-refractivity contribution is 5.06. The van der Waals surface area contributed by atoms with Crippen LogP contribution in [0.5, 0.6) is 0 Å². The van der Waals surface area contributed by atoms with E-state index in [0.717, 1.165) is 43.3 Å². The van der Waals surface area contributed by atoms with E-state index in [1.807, 2.05) is 0 Å². The molecule has 1 saturated carbocycles. The zero-order chi connectivity index (χ0) is 13.9. The summed E-state index contributed by atoms with van der Waals surface area (Å²) in [6.07, 6.45) is 7.52. The maximum absolute atomic E-state index is 6.48. The Morgan fingerprint density at radius 3 is 2.63 bits per heavy atom. The van der Waals surface area contributed by atoms with Crippen LogP contribution in [-0.2, 0) is 12.0 Å². The molecule has 4 nitrogen and oxygen atoms in total. The molecule has 0 atom stereocenters. The molecule has 19 heavy (non-hydrogen) atoms. The number of hydrogen-bond donors (Lipinski definition) is 1. The standard InChI is InChI=1S/C15H27N3O/c1-4-12-7-9-15(16,10-8-12)14-17-13(19-18-14)6-5-11(2)3/h11-12H,4-10,16H2,1-3H3. The normalized spacial score (nSPS) is 27.9. The van der Waals surface area contributed by atoms with Gasteiger partial charge in [0.1, 0.15) is 0 Å². The lowest BCUT2D eigenvalue weighted by molar-refractivity contribution is 0.216. The van der Waals surface area contributed by atoms with Gasteiger partial charge in [-0.1, -0.05) is 32.3 Å². The van der Waals surface area contributed by atoms with Gasteiger partial charge in [0.2, 0.25) is 5.89 Å². The molecule has 1 heterocycles. The first-order valence-electron chi connectivity index (χ1n) is 7.65. The minimum atomic E-state index is -0.356. The third-order valence-electron chi connectivity index (χ3n) is 4.42. The molecule has 0 saturated heterocycles. The van der Waals surface area contributed by atoms with E-state index in [2.05, 4.69) is 30.9 Å². The summed E-state index contributed by atoms with van der Waals surface area (Å²) in [6.45, 7) is 6.66. The largest absolute Gasteiger partial charge is 0.339 e. The molecule has 1 fully saturated rings. The fourth-order valence-corrected chi connectivity index (χ4v) is 2.80. The summed E-state index contributed by atoms with van der Waals surface area (Å²) < 4.78 is 5.35. The highest BCUT2D eigenvalue weighted by Gasteiger charge is 2.36. The average Bonchev–Trinajstić information content (AvgIpc) is 2.87. The molecule has 4 heteroatoms. The fraction of sp³-hybridized carbons (Fsp3) is 0.867. The van der Waals surface area contributed by atoms with Crippen LogP contribution in [0.1, 0.15) is 71.0 Å². The van der Waals surface area contributed by atoms with Crippen molar-refractivity contribution < 1.29 is 4.52 Å². The van der Waals surface area contributed by atoms with Crippen molar-refractivity contribution in [2.75, 3.05) is 0 Å². The molecule has 0 bridgehead atoms. The minimum absolute atomic E-state index is 0.356. The first kappa shape index (κ1) is 14.5. The smallest absolute Gasteiger partial charge is 0.226 e. The van der Waals surface area contributed by atoms with E-state index in [4.69, 9.17) is 10.3 Å². The molecule has 0 radical (unpaired) electrons. The number of nitrogens with zero attached hydrogens (tertiary/aromatic N) is 2. The summed E-state index contributed by atoms with van der Waals surface area (Å²) in [5.41, 5.74) is 6.13. The van der Waals surface area contributed by atoms with E-state index in [-0.39, 0.29) is 5.54 Å². The SMILES string of the molecule is CCC1CCC(N)(c2noc(CCC(C)C)n2)CC1. The third-order valence-corrected chi connectivity index (χ3v) is 4.42. The predicted octanol–water partition coefficient (Wildman–Crippen LogP) is 3.41. The van der Waals surface area contributed by atoms with Gasteiger partial charge >= 0.3 is 0 Å². The van der Waals surface area contributed by atoms with Crippen LogP contribution in [0.4, 0.5) is 0 Å². The molecule has 1 aromatic heterocycles. The van der Waals surface area contributed by atoms with Gasteiger partial charge in [-0.2, -0.15) is 4.98 Å². The number of nitrogens with two attached hydrogens (primary N) is 1. The van der Waals surface area contributed by atoms with Crippen LogP contribution in [-0.4, -0.2) is 10.1 Å². The molecular weight excluding hydrogens is 238 g/mol. The fourth-order valence-electron chi connectivity index (χ4n) is 2.80. The zero-order valence-electron chi connectivity index (χ0n) is 12.5. The van der Waals surface area contributed by atoms with Gasteiger partial charge in [-0.15, -0.1) is 0 Å². The van der Waals surface area contributed by atoms with E-state index in [0.29, 0.717) is 5.92 Å². The van der Waals surface area contributed by atoms with Gasteiger partial charge in [0.25, 0.3) is 0 Å². The van der Waals surface area contributed by atoms with Gasteiger partial charge in [0, 0.05) is 6.42 Å². The highest BCUT2D eigenvalue weighted by atomic mass is 16.5. The number of aromatic nitrogens is 2. The lowest BCUT2D eigenvalue weighted by Gasteiger charge is -2.34. The van der Waals surface area contributed by atoms with E-state index in [1.165, 1.54) is 19.3 Å². The van der Waals surface area contributed by atoms with Crippen molar-refractivity contribution >= 4 is 0 Å². The topological polar surface area (TPSA) is 64.9 Å². The van der Waals surface area contributed by atoms with Crippen LogP contribution in [0, 0.1) is 11.8 Å². The van der Waals surface area contributed by atoms with Gasteiger partial charge < -0.3 is 10.3 Å². The lowest BCUT2D eigenvalue weighted by Crippen LogP contribution is -2.41. The van der Waals surface area contributed by atoms with E-state index in [1.54, 1.807) is 0 Å². The summed E-state index contributed by atoms with van der Waals surface area (Å²) in [6, 6.07) is 0.